The van der Waals surface area contributed by atoms with E-state index in [2.05, 4.69) is 14.4 Å². The van der Waals surface area contributed by atoms with E-state index in [-0.39, 0.29) is 29.5 Å². The first kappa shape index (κ1) is 25.8. The first-order valence-corrected chi connectivity index (χ1v) is 12.4. The second kappa shape index (κ2) is 10.0. The smallest absolute Gasteiger partial charge is 0.493 e. The molecule has 0 spiro atoms. The maximum atomic E-state index is 13.1. The molecule has 2 N–H and O–H groups in total. The van der Waals surface area contributed by atoms with Crippen molar-refractivity contribution in [3.63, 3.8) is 0 Å². The van der Waals surface area contributed by atoms with Gasteiger partial charge in [-0.15, -0.1) is 13.2 Å². The number of hydrogen-bond acceptors (Lipinski definition) is 6. The van der Waals surface area contributed by atoms with E-state index in [0.717, 1.165) is 16.7 Å². The highest BCUT2D eigenvalue weighted by molar-refractivity contribution is 7.91. The second-order valence-corrected chi connectivity index (χ2v) is 9.77. The summed E-state index contributed by atoms with van der Waals surface area (Å²) in [6.45, 7) is 1.47. The van der Waals surface area contributed by atoms with Crippen LogP contribution in [0.1, 0.15) is 16.8 Å². The summed E-state index contributed by atoms with van der Waals surface area (Å²) in [6.07, 6.45) is -3.48. The van der Waals surface area contributed by atoms with Crippen molar-refractivity contribution in [3.05, 3.63) is 100 Å². The number of ether oxygens (including phenoxy) is 1. The van der Waals surface area contributed by atoms with Gasteiger partial charge < -0.3 is 9.84 Å². The van der Waals surface area contributed by atoms with Crippen LogP contribution in [0.3, 0.4) is 0 Å². The molecule has 9 nitrogen and oxygen atoms in total. The summed E-state index contributed by atoms with van der Waals surface area (Å²) in [4.78, 5) is 17.1. The average Bonchev–Trinajstić information content (AvgIpc) is 3.02. The lowest BCUT2D eigenvalue weighted by Gasteiger charge is -2.10. The first-order valence-electron chi connectivity index (χ1n) is 10.8. The Morgan fingerprint density at radius 3 is 2.35 bits per heavy atom. The second-order valence-electron chi connectivity index (χ2n) is 8.05. The van der Waals surface area contributed by atoms with Crippen molar-refractivity contribution in [1.29, 1.82) is 0 Å². The largest absolute Gasteiger partial charge is 0.573 e. The van der Waals surface area contributed by atoms with Crippen molar-refractivity contribution in [2.24, 2.45) is 0 Å². The molecule has 0 aliphatic rings. The van der Waals surface area contributed by atoms with E-state index in [0.29, 0.717) is 11.1 Å². The van der Waals surface area contributed by atoms with Crippen molar-refractivity contribution in [2.75, 3.05) is 4.72 Å². The Labute approximate surface area is 209 Å². The zero-order valence-electron chi connectivity index (χ0n) is 19.3. The SMILES string of the molecule is Cc1c(O)n(-c2ccc(OC(F)(F)F)cc2)c(=O)n1Cc1ccnc(NS(=O)(=O)Cc2ccccc2)c1. The van der Waals surface area contributed by atoms with Gasteiger partial charge in [0.1, 0.15) is 11.6 Å². The van der Waals surface area contributed by atoms with Gasteiger partial charge in [0.25, 0.3) is 0 Å². The fourth-order valence-electron chi connectivity index (χ4n) is 3.65. The standard InChI is InChI=1S/C24H21F3N4O5S/c1-16-22(32)31(19-7-9-20(10-8-19)36-24(25,26)27)23(33)30(16)14-18-11-12-28-21(13-18)29-37(34,35)15-17-5-3-2-4-6-17/h2-13,32H,14-15H2,1H3,(H,28,29). The van der Waals surface area contributed by atoms with Gasteiger partial charge in [-0.25, -0.2) is 22.8 Å². The molecule has 0 atom stereocenters. The molecule has 0 radical (unpaired) electrons. The van der Waals surface area contributed by atoms with Gasteiger partial charge in [0, 0.05) is 6.20 Å². The van der Waals surface area contributed by atoms with Crippen LogP contribution < -0.4 is 15.1 Å². The quantitative estimate of drug-likeness (QED) is 0.354. The normalized spacial score (nSPS) is 11.9. The molecule has 0 aliphatic heterocycles. The summed E-state index contributed by atoms with van der Waals surface area (Å²) in [5.41, 5.74) is 0.793. The highest BCUT2D eigenvalue weighted by Crippen LogP contribution is 2.26. The van der Waals surface area contributed by atoms with Gasteiger partial charge in [0.15, 0.2) is 0 Å². The fraction of sp³-hybridized carbons (Fsp3) is 0.167. The number of hydrogen-bond donors (Lipinski definition) is 2. The van der Waals surface area contributed by atoms with E-state index in [1.807, 2.05) is 0 Å². The Hall–Kier alpha value is -4.26. The Bertz CT molecular complexity index is 1560. The summed E-state index contributed by atoms with van der Waals surface area (Å²) in [6, 6.07) is 16.1. The number of halogens is 3. The molecule has 0 aliphatic carbocycles. The highest BCUT2D eigenvalue weighted by Gasteiger charge is 2.31. The third-order valence-corrected chi connectivity index (χ3v) is 6.55. The summed E-state index contributed by atoms with van der Waals surface area (Å²) in [5.74, 6) is -1.06. The number of aromatic hydroxyl groups is 1. The lowest BCUT2D eigenvalue weighted by molar-refractivity contribution is -0.274. The number of aromatic nitrogens is 3. The van der Waals surface area contributed by atoms with Crippen LogP contribution in [0.4, 0.5) is 19.0 Å². The molecule has 0 saturated carbocycles. The zero-order valence-corrected chi connectivity index (χ0v) is 20.1. The summed E-state index contributed by atoms with van der Waals surface area (Å²) < 4.78 is 70.7. The highest BCUT2D eigenvalue weighted by atomic mass is 32.2. The molecule has 4 aromatic rings. The van der Waals surface area contributed by atoms with Crippen LogP contribution >= 0.6 is 0 Å². The van der Waals surface area contributed by atoms with Gasteiger partial charge >= 0.3 is 12.1 Å². The molecule has 0 bridgehead atoms. The van der Waals surface area contributed by atoms with Gasteiger partial charge in [-0.3, -0.25) is 9.29 Å². The Balaban J connectivity index is 1.56. The summed E-state index contributed by atoms with van der Waals surface area (Å²) in [7, 11) is -3.75. The number of sulfonamides is 1. The minimum atomic E-state index is -4.86. The first-order chi connectivity index (χ1) is 17.4. The molecular weight excluding hydrogens is 513 g/mol. The molecule has 2 aromatic heterocycles. The monoisotopic (exact) mass is 534 g/mol. The van der Waals surface area contributed by atoms with E-state index in [4.69, 9.17) is 0 Å². The van der Waals surface area contributed by atoms with E-state index in [9.17, 15) is 31.5 Å². The average molecular weight is 535 g/mol. The third kappa shape index (κ3) is 6.30. The van der Waals surface area contributed by atoms with Crippen LogP contribution in [-0.2, 0) is 22.3 Å². The maximum Gasteiger partial charge on any atom is 0.573 e. The summed E-state index contributed by atoms with van der Waals surface area (Å²) >= 11 is 0. The number of rotatable bonds is 8. The molecule has 2 heterocycles. The molecule has 0 fully saturated rings. The van der Waals surface area contributed by atoms with Crippen LogP contribution in [0.15, 0.2) is 77.7 Å². The van der Waals surface area contributed by atoms with Gasteiger partial charge in [-0.05, 0) is 54.4 Å². The predicted molar refractivity (Wildman–Crippen MR) is 129 cm³/mol. The number of alkyl halides is 3. The van der Waals surface area contributed by atoms with Crippen LogP contribution in [-0.4, -0.2) is 34.0 Å². The van der Waals surface area contributed by atoms with Crippen molar-refractivity contribution >= 4 is 15.8 Å². The number of benzene rings is 2. The topological polar surface area (TPSA) is 115 Å². The Morgan fingerprint density at radius 1 is 1.03 bits per heavy atom. The number of pyridine rings is 1. The van der Waals surface area contributed by atoms with Gasteiger partial charge in [0.2, 0.25) is 15.9 Å². The Morgan fingerprint density at radius 2 is 1.70 bits per heavy atom. The van der Waals surface area contributed by atoms with Gasteiger partial charge in [-0.1, -0.05) is 30.3 Å². The van der Waals surface area contributed by atoms with E-state index >= 15 is 0 Å². The molecule has 13 heteroatoms. The zero-order chi connectivity index (χ0) is 26.8. The molecule has 0 saturated heterocycles. The minimum Gasteiger partial charge on any atom is -0.493 e. The lowest BCUT2D eigenvalue weighted by Crippen LogP contribution is -2.24. The Kier molecular flexibility index (Phi) is 6.99. The molecule has 37 heavy (non-hydrogen) atoms. The van der Waals surface area contributed by atoms with Crippen LogP contribution in [0, 0.1) is 6.92 Å². The van der Waals surface area contributed by atoms with Crippen molar-refractivity contribution in [2.45, 2.75) is 25.6 Å². The van der Waals surface area contributed by atoms with Crippen molar-refractivity contribution in [3.8, 4) is 17.3 Å². The molecule has 0 unspecified atom stereocenters. The molecule has 2 aromatic carbocycles. The predicted octanol–water partition coefficient (Wildman–Crippen LogP) is 3.94. The van der Waals surface area contributed by atoms with Crippen LogP contribution in [0.5, 0.6) is 11.6 Å². The van der Waals surface area contributed by atoms with E-state index in [1.54, 1.807) is 36.4 Å². The van der Waals surface area contributed by atoms with Gasteiger partial charge in [-0.2, -0.15) is 0 Å². The molecule has 4 rings (SSSR count). The van der Waals surface area contributed by atoms with Crippen molar-refractivity contribution < 1.29 is 31.4 Å². The number of nitrogens with one attached hydrogen (secondary N) is 1. The molecule has 0 amide bonds. The van der Waals surface area contributed by atoms with Gasteiger partial charge in [0.05, 0.1) is 23.7 Å². The third-order valence-electron chi connectivity index (χ3n) is 5.32. The maximum absolute atomic E-state index is 13.1. The van der Waals surface area contributed by atoms with E-state index < -0.39 is 33.7 Å². The van der Waals surface area contributed by atoms with Crippen LogP contribution in [0.2, 0.25) is 0 Å². The summed E-state index contributed by atoms with van der Waals surface area (Å²) in [5, 5.41) is 10.6. The number of nitrogens with zero attached hydrogens (tertiary/aromatic N) is 3. The number of anilines is 1. The fourth-order valence-corrected chi connectivity index (χ4v) is 4.79. The van der Waals surface area contributed by atoms with E-state index in [1.165, 1.54) is 35.9 Å². The number of imidazole rings is 1. The van der Waals surface area contributed by atoms with Crippen LogP contribution in [0.25, 0.3) is 5.69 Å². The molecular formula is C24H21F3N4O5S. The lowest BCUT2D eigenvalue weighted by atomic mass is 10.2. The minimum absolute atomic E-state index is 0.0313. The molecule has 194 valence electrons. The van der Waals surface area contributed by atoms with Crippen molar-refractivity contribution in [1.82, 2.24) is 14.1 Å².